The Hall–Kier alpha value is -0.430. The van der Waals surface area contributed by atoms with Crippen LogP contribution in [0, 0.1) is 3.70 Å². The van der Waals surface area contributed by atoms with Gasteiger partial charge in [-0.3, -0.25) is 0 Å². The number of aromatic nitrogens is 1. The van der Waals surface area contributed by atoms with E-state index in [1.165, 1.54) is 0 Å². The molecule has 82 valence electrons. The molecule has 0 radical (unpaired) electrons. The van der Waals surface area contributed by atoms with Crippen LogP contribution in [-0.4, -0.2) is 30.3 Å². The topological polar surface area (TPSA) is 34.1 Å². The second-order valence-corrected chi connectivity index (χ2v) is 4.59. The van der Waals surface area contributed by atoms with Crippen LogP contribution in [0.5, 0.6) is 5.75 Å². The van der Waals surface area contributed by atoms with Crippen molar-refractivity contribution in [1.29, 1.82) is 0 Å². The molecule has 15 heavy (non-hydrogen) atoms. The third-order valence-electron chi connectivity index (χ3n) is 2.34. The van der Waals surface area contributed by atoms with Gasteiger partial charge in [0.2, 0.25) is 0 Å². The zero-order valence-corrected chi connectivity index (χ0v) is 10.3. The minimum Gasteiger partial charge on any atom is -0.486 e. The number of alkyl halides is 1. The molecule has 0 unspecified atom stereocenters. The summed E-state index contributed by atoms with van der Waals surface area (Å²) < 4.78 is 19.8. The number of piperidine rings is 1. The molecule has 2 atom stereocenters. The lowest BCUT2D eigenvalue weighted by atomic mass is 10.1. The summed E-state index contributed by atoms with van der Waals surface area (Å²) >= 11 is 2.12. The second-order valence-electron chi connectivity index (χ2n) is 3.48. The molecule has 5 heteroatoms. The Morgan fingerprint density at radius 2 is 2.40 bits per heavy atom. The first-order valence-corrected chi connectivity index (χ1v) is 5.96. The molecule has 1 saturated heterocycles. The van der Waals surface area contributed by atoms with Crippen molar-refractivity contribution in [1.82, 2.24) is 10.3 Å². The molecule has 0 spiro atoms. The highest BCUT2D eigenvalue weighted by atomic mass is 127. The Labute approximate surface area is 102 Å². The summed E-state index contributed by atoms with van der Waals surface area (Å²) in [6, 6.07) is 3.67. The van der Waals surface area contributed by atoms with Gasteiger partial charge in [-0.05, 0) is 47.7 Å². The fourth-order valence-corrected chi connectivity index (χ4v) is 1.86. The number of ether oxygens (including phenoxy) is 1. The van der Waals surface area contributed by atoms with E-state index < -0.39 is 6.17 Å². The maximum absolute atomic E-state index is 13.4. The number of hydrogen-bond donors (Lipinski definition) is 1. The highest BCUT2D eigenvalue weighted by Crippen LogP contribution is 2.18. The summed E-state index contributed by atoms with van der Waals surface area (Å²) in [5.41, 5.74) is 0. The lowest BCUT2D eigenvalue weighted by molar-refractivity contribution is 0.0728. The van der Waals surface area contributed by atoms with E-state index in [0.29, 0.717) is 18.7 Å². The van der Waals surface area contributed by atoms with E-state index in [4.69, 9.17) is 4.74 Å². The Balaban J connectivity index is 1.98. The summed E-state index contributed by atoms with van der Waals surface area (Å²) in [7, 11) is 0. The highest BCUT2D eigenvalue weighted by Gasteiger charge is 2.26. The van der Waals surface area contributed by atoms with Crippen molar-refractivity contribution in [3.8, 4) is 5.75 Å². The Bertz CT molecular complexity index is 320. The van der Waals surface area contributed by atoms with Crippen molar-refractivity contribution in [3.63, 3.8) is 0 Å². The van der Waals surface area contributed by atoms with Crippen molar-refractivity contribution in [2.24, 2.45) is 0 Å². The van der Waals surface area contributed by atoms with E-state index >= 15 is 0 Å². The van der Waals surface area contributed by atoms with E-state index in [2.05, 4.69) is 32.9 Å². The van der Waals surface area contributed by atoms with Gasteiger partial charge in [-0.15, -0.1) is 0 Å². The molecule has 1 aromatic rings. The molecule has 1 aliphatic heterocycles. The fraction of sp³-hybridized carbons (Fsp3) is 0.500. The van der Waals surface area contributed by atoms with Gasteiger partial charge in [0.25, 0.3) is 0 Å². The molecular formula is C10H12FIN2O. The Kier molecular flexibility index (Phi) is 3.74. The number of nitrogens with one attached hydrogen (secondary N) is 1. The average Bonchev–Trinajstić information content (AvgIpc) is 2.25. The number of rotatable bonds is 2. The molecule has 1 N–H and O–H groups in total. The van der Waals surface area contributed by atoms with Crippen molar-refractivity contribution < 1.29 is 9.13 Å². The van der Waals surface area contributed by atoms with Crippen LogP contribution in [0.1, 0.15) is 6.42 Å². The molecule has 1 aromatic heterocycles. The number of halogens is 2. The first-order valence-electron chi connectivity index (χ1n) is 4.89. The lowest BCUT2D eigenvalue weighted by Crippen LogP contribution is -2.44. The molecule has 0 saturated carbocycles. The van der Waals surface area contributed by atoms with Gasteiger partial charge < -0.3 is 10.1 Å². The Morgan fingerprint density at radius 3 is 3.07 bits per heavy atom. The minimum absolute atomic E-state index is 0.340. The van der Waals surface area contributed by atoms with Gasteiger partial charge in [0.1, 0.15) is 21.7 Å². The van der Waals surface area contributed by atoms with Crippen molar-refractivity contribution in [3.05, 3.63) is 22.0 Å². The maximum Gasteiger partial charge on any atom is 0.149 e. The zero-order chi connectivity index (χ0) is 10.7. The third-order valence-corrected chi connectivity index (χ3v) is 2.97. The quantitative estimate of drug-likeness (QED) is 0.666. The lowest BCUT2D eigenvalue weighted by Gasteiger charge is -2.27. The third kappa shape index (κ3) is 3.01. The number of nitrogens with zero attached hydrogens (tertiary/aromatic N) is 1. The molecule has 0 bridgehead atoms. The summed E-state index contributed by atoms with van der Waals surface area (Å²) in [4.78, 5) is 4.09. The second kappa shape index (κ2) is 5.07. The van der Waals surface area contributed by atoms with Crippen LogP contribution in [0.15, 0.2) is 18.3 Å². The maximum atomic E-state index is 13.4. The summed E-state index contributed by atoms with van der Waals surface area (Å²) in [5, 5.41) is 2.99. The van der Waals surface area contributed by atoms with Crippen molar-refractivity contribution in [2.75, 3.05) is 13.1 Å². The van der Waals surface area contributed by atoms with Crippen molar-refractivity contribution >= 4 is 22.6 Å². The zero-order valence-electron chi connectivity index (χ0n) is 8.12. The first-order chi connectivity index (χ1) is 7.25. The van der Waals surface area contributed by atoms with Crippen LogP contribution in [0.3, 0.4) is 0 Å². The average molecular weight is 322 g/mol. The minimum atomic E-state index is -0.932. The van der Waals surface area contributed by atoms with Crippen LogP contribution >= 0.6 is 22.6 Å². The summed E-state index contributed by atoms with van der Waals surface area (Å²) in [6.45, 7) is 1.19. The molecule has 0 aliphatic carbocycles. The molecule has 2 heterocycles. The monoisotopic (exact) mass is 322 g/mol. The first kappa shape index (κ1) is 11.1. The summed E-state index contributed by atoms with van der Waals surface area (Å²) in [6.07, 6.45) is 1.06. The molecule has 3 nitrogen and oxygen atoms in total. The van der Waals surface area contributed by atoms with Gasteiger partial charge in [-0.25, -0.2) is 9.37 Å². The van der Waals surface area contributed by atoms with E-state index in [9.17, 15) is 4.39 Å². The van der Waals surface area contributed by atoms with Gasteiger partial charge in [0, 0.05) is 6.54 Å². The molecule has 1 fully saturated rings. The van der Waals surface area contributed by atoms with Gasteiger partial charge in [0.15, 0.2) is 0 Å². The van der Waals surface area contributed by atoms with Gasteiger partial charge in [-0.2, -0.15) is 0 Å². The van der Waals surface area contributed by atoms with E-state index in [-0.39, 0.29) is 6.10 Å². The SMILES string of the molecule is F[C@@H]1CNCC[C@H]1Oc1ccc(I)nc1. The van der Waals surface area contributed by atoms with Gasteiger partial charge in [-0.1, -0.05) is 0 Å². The van der Waals surface area contributed by atoms with Crippen LogP contribution in [0.4, 0.5) is 4.39 Å². The van der Waals surface area contributed by atoms with Crippen LogP contribution < -0.4 is 10.1 Å². The normalized spacial score (nSPS) is 26.3. The number of hydrogen-bond acceptors (Lipinski definition) is 3. The predicted molar refractivity (Wildman–Crippen MR) is 63.8 cm³/mol. The smallest absolute Gasteiger partial charge is 0.149 e. The summed E-state index contributed by atoms with van der Waals surface area (Å²) in [5.74, 6) is 0.643. The molecular weight excluding hydrogens is 310 g/mol. The molecule has 0 aromatic carbocycles. The molecule has 0 amide bonds. The highest BCUT2D eigenvalue weighted by molar-refractivity contribution is 14.1. The largest absolute Gasteiger partial charge is 0.486 e. The van der Waals surface area contributed by atoms with Gasteiger partial charge >= 0.3 is 0 Å². The molecule has 2 rings (SSSR count). The molecule has 1 aliphatic rings. The standard InChI is InChI=1S/C10H12FIN2O/c11-8-6-13-4-3-9(8)15-7-1-2-10(12)14-5-7/h1-2,5,8-9,13H,3-4,6H2/t8-,9-/m1/s1. The van der Waals surface area contributed by atoms with Crippen LogP contribution in [-0.2, 0) is 0 Å². The van der Waals surface area contributed by atoms with Crippen LogP contribution in [0.2, 0.25) is 0 Å². The predicted octanol–water partition coefficient (Wildman–Crippen LogP) is 1.77. The van der Waals surface area contributed by atoms with E-state index in [1.807, 2.05) is 12.1 Å². The van der Waals surface area contributed by atoms with E-state index in [1.54, 1.807) is 6.20 Å². The number of pyridine rings is 1. The van der Waals surface area contributed by atoms with Crippen LogP contribution in [0.25, 0.3) is 0 Å². The van der Waals surface area contributed by atoms with Gasteiger partial charge in [0.05, 0.1) is 6.20 Å². The van der Waals surface area contributed by atoms with E-state index in [0.717, 1.165) is 10.2 Å². The Morgan fingerprint density at radius 1 is 1.53 bits per heavy atom. The fourth-order valence-electron chi connectivity index (χ4n) is 1.54. The van der Waals surface area contributed by atoms with Crippen molar-refractivity contribution in [2.45, 2.75) is 18.7 Å².